The fraction of sp³-hybridized carbons (Fsp3) is 0.933. The highest BCUT2D eigenvalue weighted by Crippen LogP contribution is 2.09. The molecule has 3 heteroatoms. The molecule has 0 aromatic rings. The fourth-order valence-electron chi connectivity index (χ4n) is 2.16. The largest absolute Gasteiger partial charge is 0.393 e. The van der Waals surface area contributed by atoms with Crippen LogP contribution in [0.1, 0.15) is 71.6 Å². The summed E-state index contributed by atoms with van der Waals surface area (Å²) in [5.74, 6) is 0. The Morgan fingerprint density at radius 1 is 1.06 bits per heavy atom. The third-order valence-corrected chi connectivity index (χ3v) is 3.78. The monoisotopic (exact) mass is 272 g/mol. The predicted molar refractivity (Wildman–Crippen MR) is 86.1 cm³/mol. The summed E-state index contributed by atoms with van der Waals surface area (Å²) in [6.45, 7) is 5.63. The summed E-state index contributed by atoms with van der Waals surface area (Å²) in [6.07, 6.45) is 11.9. The van der Waals surface area contributed by atoms with Crippen LogP contribution in [0.5, 0.6) is 0 Å². The Bertz CT molecular complexity index is 207. The number of nitrogens with zero attached hydrogens (tertiary/aromatic N) is 1. The molecule has 0 fully saturated rings. The summed E-state index contributed by atoms with van der Waals surface area (Å²) < 4.78 is 0. The molecule has 0 aromatic carbocycles. The van der Waals surface area contributed by atoms with Crippen molar-refractivity contribution in [1.82, 2.24) is 4.90 Å². The van der Waals surface area contributed by atoms with E-state index in [-0.39, 0.29) is 0 Å². The van der Waals surface area contributed by atoms with Gasteiger partial charge in [-0.05, 0) is 26.9 Å². The average molecular weight is 273 g/mol. The molecule has 0 aliphatic carbocycles. The molecule has 0 saturated heterocycles. The maximum atomic E-state index is 5.57. The lowest BCUT2D eigenvalue weighted by Crippen LogP contribution is -2.33. The van der Waals surface area contributed by atoms with Crippen molar-refractivity contribution in [3.05, 3.63) is 0 Å². The minimum absolute atomic E-state index is 0.479. The number of hydrogen-bond donors (Lipinski definition) is 1. The topological polar surface area (TPSA) is 29.3 Å². The molecule has 0 aliphatic rings. The van der Waals surface area contributed by atoms with Gasteiger partial charge in [0.15, 0.2) is 0 Å². The zero-order valence-corrected chi connectivity index (χ0v) is 13.4. The Balaban J connectivity index is 3.34. The Kier molecular flexibility index (Phi) is 11.8. The fourth-order valence-corrected chi connectivity index (χ4v) is 2.40. The molecule has 0 spiro atoms. The van der Waals surface area contributed by atoms with Crippen LogP contribution in [0.4, 0.5) is 0 Å². The zero-order chi connectivity index (χ0) is 13.8. The van der Waals surface area contributed by atoms with Gasteiger partial charge in [0.25, 0.3) is 0 Å². The van der Waals surface area contributed by atoms with E-state index in [9.17, 15) is 0 Å². The molecule has 0 aromatic heterocycles. The lowest BCUT2D eigenvalue weighted by molar-refractivity contribution is 0.257. The Morgan fingerprint density at radius 2 is 1.56 bits per heavy atom. The van der Waals surface area contributed by atoms with Crippen molar-refractivity contribution in [3.63, 3.8) is 0 Å². The molecule has 0 bridgehead atoms. The quantitative estimate of drug-likeness (QED) is 0.428. The van der Waals surface area contributed by atoms with Gasteiger partial charge >= 0.3 is 0 Å². The minimum Gasteiger partial charge on any atom is -0.393 e. The van der Waals surface area contributed by atoms with Crippen LogP contribution in [0.3, 0.4) is 0 Å². The van der Waals surface area contributed by atoms with Crippen LogP contribution < -0.4 is 5.73 Å². The first-order valence-corrected chi connectivity index (χ1v) is 7.97. The van der Waals surface area contributed by atoms with Crippen LogP contribution in [0.15, 0.2) is 0 Å². The summed E-state index contributed by atoms with van der Waals surface area (Å²) in [7, 11) is 2.17. The molecule has 0 amide bonds. The van der Waals surface area contributed by atoms with Gasteiger partial charge in [0.05, 0.1) is 4.99 Å². The van der Waals surface area contributed by atoms with Crippen LogP contribution in [-0.2, 0) is 0 Å². The zero-order valence-electron chi connectivity index (χ0n) is 12.6. The number of unbranched alkanes of at least 4 members (excludes halogenated alkanes) is 7. The minimum atomic E-state index is 0.479. The average Bonchev–Trinajstić information content (AvgIpc) is 2.31. The van der Waals surface area contributed by atoms with Crippen LogP contribution in [0.25, 0.3) is 0 Å². The predicted octanol–water partition coefficient (Wildman–Crippen LogP) is 4.12. The van der Waals surface area contributed by atoms with Crippen LogP contribution >= 0.6 is 12.2 Å². The number of hydrogen-bond acceptors (Lipinski definition) is 2. The van der Waals surface area contributed by atoms with Crippen LogP contribution in [0.2, 0.25) is 0 Å². The molecular weight excluding hydrogens is 240 g/mol. The van der Waals surface area contributed by atoms with Crippen molar-refractivity contribution < 1.29 is 0 Å². The first-order chi connectivity index (χ1) is 8.57. The van der Waals surface area contributed by atoms with E-state index in [4.69, 9.17) is 18.0 Å². The van der Waals surface area contributed by atoms with Gasteiger partial charge in [-0.1, -0.05) is 64.1 Å². The van der Waals surface area contributed by atoms with Gasteiger partial charge in [-0.15, -0.1) is 0 Å². The Hall–Kier alpha value is -0.150. The van der Waals surface area contributed by atoms with E-state index in [0.717, 1.165) is 6.42 Å². The van der Waals surface area contributed by atoms with Gasteiger partial charge in [-0.2, -0.15) is 0 Å². The van der Waals surface area contributed by atoms with E-state index in [1.807, 2.05) is 0 Å². The molecule has 18 heavy (non-hydrogen) atoms. The molecule has 0 saturated carbocycles. The molecule has 1 unspecified atom stereocenters. The first-order valence-electron chi connectivity index (χ1n) is 7.56. The maximum Gasteiger partial charge on any atom is 0.0742 e. The molecule has 0 aliphatic heterocycles. The van der Waals surface area contributed by atoms with E-state index in [1.165, 1.54) is 57.9 Å². The van der Waals surface area contributed by atoms with Crippen molar-refractivity contribution in [2.45, 2.75) is 77.7 Å². The van der Waals surface area contributed by atoms with E-state index < -0.39 is 0 Å². The SMILES string of the molecule is CCCCCCCCCCN(C)C(C)CC(N)=S. The van der Waals surface area contributed by atoms with Crippen LogP contribution in [-0.4, -0.2) is 29.5 Å². The van der Waals surface area contributed by atoms with Gasteiger partial charge < -0.3 is 10.6 Å². The summed E-state index contributed by atoms with van der Waals surface area (Å²) in [5.41, 5.74) is 5.57. The summed E-state index contributed by atoms with van der Waals surface area (Å²) >= 11 is 4.95. The van der Waals surface area contributed by atoms with Crippen molar-refractivity contribution in [3.8, 4) is 0 Å². The van der Waals surface area contributed by atoms with E-state index in [0.29, 0.717) is 11.0 Å². The highest BCUT2D eigenvalue weighted by atomic mass is 32.1. The number of nitrogens with two attached hydrogens (primary N) is 1. The standard InChI is InChI=1S/C15H32N2S/c1-4-5-6-7-8-9-10-11-12-17(3)14(2)13-15(16)18/h14H,4-13H2,1-3H3,(H2,16,18). The van der Waals surface area contributed by atoms with E-state index in [1.54, 1.807) is 0 Å². The van der Waals surface area contributed by atoms with Gasteiger partial charge in [0.1, 0.15) is 0 Å². The highest BCUT2D eigenvalue weighted by molar-refractivity contribution is 7.80. The van der Waals surface area contributed by atoms with Gasteiger partial charge in [0, 0.05) is 12.5 Å². The number of rotatable bonds is 12. The molecule has 2 N–H and O–H groups in total. The molecule has 0 heterocycles. The highest BCUT2D eigenvalue weighted by Gasteiger charge is 2.09. The molecule has 0 radical (unpaired) electrons. The summed E-state index contributed by atoms with van der Waals surface area (Å²) in [5, 5.41) is 0. The second-order valence-electron chi connectivity index (χ2n) is 5.47. The summed E-state index contributed by atoms with van der Waals surface area (Å²) in [4.78, 5) is 3.00. The summed E-state index contributed by atoms with van der Waals surface area (Å²) in [6, 6.07) is 0.479. The van der Waals surface area contributed by atoms with E-state index >= 15 is 0 Å². The third-order valence-electron chi connectivity index (χ3n) is 3.61. The van der Waals surface area contributed by atoms with Gasteiger partial charge in [-0.3, -0.25) is 0 Å². The van der Waals surface area contributed by atoms with Gasteiger partial charge in [0.2, 0.25) is 0 Å². The molecular formula is C15H32N2S. The molecule has 108 valence electrons. The van der Waals surface area contributed by atoms with Crippen LogP contribution in [0, 0.1) is 0 Å². The van der Waals surface area contributed by atoms with E-state index in [2.05, 4.69) is 25.8 Å². The third kappa shape index (κ3) is 11.0. The van der Waals surface area contributed by atoms with Crippen molar-refractivity contribution in [2.24, 2.45) is 5.73 Å². The second-order valence-corrected chi connectivity index (χ2v) is 6.00. The maximum absolute atomic E-state index is 5.57. The van der Waals surface area contributed by atoms with Crippen molar-refractivity contribution in [1.29, 1.82) is 0 Å². The van der Waals surface area contributed by atoms with Gasteiger partial charge in [-0.25, -0.2) is 0 Å². The smallest absolute Gasteiger partial charge is 0.0742 e. The van der Waals surface area contributed by atoms with Crippen molar-refractivity contribution >= 4 is 17.2 Å². The molecule has 2 nitrogen and oxygen atoms in total. The second kappa shape index (κ2) is 11.9. The lowest BCUT2D eigenvalue weighted by Gasteiger charge is -2.24. The Labute approximate surface area is 119 Å². The normalized spacial score (nSPS) is 12.9. The molecule has 0 rings (SSSR count). The van der Waals surface area contributed by atoms with Crippen molar-refractivity contribution in [2.75, 3.05) is 13.6 Å². The lowest BCUT2D eigenvalue weighted by atomic mass is 10.1. The number of thiocarbonyl (C=S) groups is 1. The molecule has 1 atom stereocenters. The first kappa shape index (κ1) is 17.8. The Morgan fingerprint density at radius 3 is 2.06 bits per heavy atom.